The van der Waals surface area contributed by atoms with Crippen LogP contribution in [0.2, 0.25) is 5.15 Å². The summed E-state index contributed by atoms with van der Waals surface area (Å²) in [5.41, 5.74) is 0. The average Bonchev–Trinajstić information content (AvgIpc) is 2.79. The Morgan fingerprint density at radius 1 is 1.47 bits per heavy atom. The van der Waals surface area contributed by atoms with Crippen molar-refractivity contribution in [2.45, 2.75) is 12.8 Å². The smallest absolute Gasteiger partial charge is 0.230 e. The largest absolute Gasteiger partial charge is 0.469 e. The van der Waals surface area contributed by atoms with E-state index in [2.05, 4.69) is 15.3 Å². The summed E-state index contributed by atoms with van der Waals surface area (Å²) >= 11 is 5.67. The van der Waals surface area contributed by atoms with Gasteiger partial charge in [-0.3, -0.25) is 10.1 Å². The van der Waals surface area contributed by atoms with Crippen LogP contribution in [0.15, 0.2) is 35.1 Å². The number of rotatable bonds is 4. The molecule has 88 valence electrons. The SMILES string of the molecule is O=C(CCc1ccco1)Nc1nccc(Cl)n1. The zero-order chi connectivity index (χ0) is 12.1. The molecule has 2 aromatic heterocycles. The summed E-state index contributed by atoms with van der Waals surface area (Å²) in [6.07, 6.45) is 3.91. The molecule has 6 heteroatoms. The van der Waals surface area contributed by atoms with Crippen molar-refractivity contribution in [2.75, 3.05) is 5.32 Å². The number of hydrogen-bond donors (Lipinski definition) is 1. The van der Waals surface area contributed by atoms with Gasteiger partial charge in [0, 0.05) is 19.0 Å². The number of nitrogens with zero attached hydrogens (tertiary/aromatic N) is 2. The van der Waals surface area contributed by atoms with Crippen molar-refractivity contribution >= 4 is 23.5 Å². The fourth-order valence-electron chi connectivity index (χ4n) is 1.28. The first kappa shape index (κ1) is 11.6. The number of aryl methyl sites for hydroxylation is 1. The molecule has 2 rings (SSSR count). The van der Waals surface area contributed by atoms with Gasteiger partial charge in [0.05, 0.1) is 6.26 Å². The summed E-state index contributed by atoms with van der Waals surface area (Å²) in [6.45, 7) is 0. The molecule has 1 N–H and O–H groups in total. The minimum Gasteiger partial charge on any atom is -0.469 e. The second-order valence-corrected chi connectivity index (χ2v) is 3.72. The highest BCUT2D eigenvalue weighted by Gasteiger charge is 2.06. The molecule has 0 aliphatic heterocycles. The Hall–Kier alpha value is -1.88. The number of amides is 1. The molecule has 0 radical (unpaired) electrons. The van der Waals surface area contributed by atoms with E-state index < -0.39 is 0 Å². The zero-order valence-corrected chi connectivity index (χ0v) is 9.65. The van der Waals surface area contributed by atoms with E-state index in [9.17, 15) is 4.79 Å². The molecule has 5 nitrogen and oxygen atoms in total. The second-order valence-electron chi connectivity index (χ2n) is 3.33. The van der Waals surface area contributed by atoms with Crippen molar-refractivity contribution in [3.05, 3.63) is 41.6 Å². The van der Waals surface area contributed by atoms with Gasteiger partial charge in [-0.05, 0) is 18.2 Å². The predicted octanol–water partition coefficient (Wildman–Crippen LogP) is 2.29. The molecular weight excluding hydrogens is 242 g/mol. The maximum absolute atomic E-state index is 11.5. The Kier molecular flexibility index (Phi) is 3.72. The van der Waals surface area contributed by atoms with Gasteiger partial charge in [-0.2, -0.15) is 0 Å². The summed E-state index contributed by atoms with van der Waals surface area (Å²) in [7, 11) is 0. The first-order valence-electron chi connectivity index (χ1n) is 5.05. The fourth-order valence-corrected chi connectivity index (χ4v) is 1.41. The third-order valence-electron chi connectivity index (χ3n) is 2.05. The summed E-state index contributed by atoms with van der Waals surface area (Å²) in [4.78, 5) is 19.3. The number of hydrogen-bond acceptors (Lipinski definition) is 4. The van der Waals surface area contributed by atoms with Crippen molar-refractivity contribution in [1.82, 2.24) is 9.97 Å². The Balaban J connectivity index is 1.85. The van der Waals surface area contributed by atoms with Crippen molar-refractivity contribution < 1.29 is 9.21 Å². The van der Waals surface area contributed by atoms with Gasteiger partial charge in [-0.15, -0.1) is 0 Å². The molecule has 17 heavy (non-hydrogen) atoms. The molecule has 0 fully saturated rings. The molecule has 0 atom stereocenters. The van der Waals surface area contributed by atoms with Gasteiger partial charge in [0.1, 0.15) is 10.9 Å². The molecule has 2 heterocycles. The van der Waals surface area contributed by atoms with E-state index in [-0.39, 0.29) is 11.9 Å². The lowest BCUT2D eigenvalue weighted by Gasteiger charge is -2.02. The number of furan rings is 1. The molecule has 0 bridgehead atoms. The number of carbonyl (C=O) groups is 1. The lowest BCUT2D eigenvalue weighted by atomic mass is 10.2. The Morgan fingerprint density at radius 2 is 2.35 bits per heavy atom. The predicted molar refractivity (Wildman–Crippen MR) is 62.7 cm³/mol. The van der Waals surface area contributed by atoms with Gasteiger partial charge < -0.3 is 4.42 Å². The number of carbonyl (C=O) groups excluding carboxylic acids is 1. The van der Waals surface area contributed by atoms with E-state index in [1.54, 1.807) is 18.4 Å². The molecule has 1 amide bonds. The van der Waals surface area contributed by atoms with E-state index in [1.807, 2.05) is 6.07 Å². The Labute approximate surface area is 103 Å². The van der Waals surface area contributed by atoms with Crippen LogP contribution in [0.3, 0.4) is 0 Å². The van der Waals surface area contributed by atoms with Crippen LogP contribution in [0.25, 0.3) is 0 Å². The van der Waals surface area contributed by atoms with Gasteiger partial charge >= 0.3 is 0 Å². The minimum absolute atomic E-state index is 0.177. The topological polar surface area (TPSA) is 68.0 Å². The van der Waals surface area contributed by atoms with Crippen molar-refractivity contribution in [3.8, 4) is 0 Å². The summed E-state index contributed by atoms with van der Waals surface area (Å²) in [5.74, 6) is 0.803. The van der Waals surface area contributed by atoms with Crippen LogP contribution >= 0.6 is 11.6 Å². The molecule has 2 aromatic rings. The van der Waals surface area contributed by atoms with Gasteiger partial charge in [0.15, 0.2) is 0 Å². The maximum Gasteiger partial charge on any atom is 0.230 e. The number of halogens is 1. The van der Waals surface area contributed by atoms with Gasteiger partial charge in [0.25, 0.3) is 0 Å². The van der Waals surface area contributed by atoms with Crippen molar-refractivity contribution in [1.29, 1.82) is 0 Å². The normalized spacial score (nSPS) is 10.2. The lowest BCUT2D eigenvalue weighted by Crippen LogP contribution is -2.14. The lowest BCUT2D eigenvalue weighted by molar-refractivity contribution is -0.116. The molecule has 0 aliphatic carbocycles. The van der Waals surface area contributed by atoms with Crippen LogP contribution in [0.4, 0.5) is 5.95 Å². The van der Waals surface area contributed by atoms with Crippen LogP contribution in [0.5, 0.6) is 0 Å². The van der Waals surface area contributed by atoms with E-state index >= 15 is 0 Å². The molecule has 0 saturated heterocycles. The van der Waals surface area contributed by atoms with Gasteiger partial charge in [-0.1, -0.05) is 11.6 Å². The number of nitrogens with one attached hydrogen (secondary N) is 1. The quantitative estimate of drug-likeness (QED) is 0.847. The van der Waals surface area contributed by atoms with E-state index in [0.717, 1.165) is 5.76 Å². The molecule has 0 saturated carbocycles. The standard InChI is InChI=1S/C11H10ClN3O2/c12-9-5-6-13-11(14-9)15-10(16)4-3-8-2-1-7-17-8/h1-2,5-7H,3-4H2,(H,13,14,15,16). The summed E-state index contributed by atoms with van der Waals surface area (Å²) in [5, 5.41) is 2.85. The highest BCUT2D eigenvalue weighted by atomic mass is 35.5. The van der Waals surface area contributed by atoms with Crippen LogP contribution in [-0.2, 0) is 11.2 Å². The van der Waals surface area contributed by atoms with E-state index in [4.69, 9.17) is 16.0 Å². The van der Waals surface area contributed by atoms with Crippen molar-refractivity contribution in [2.24, 2.45) is 0 Å². The van der Waals surface area contributed by atoms with Crippen LogP contribution in [-0.4, -0.2) is 15.9 Å². The monoisotopic (exact) mass is 251 g/mol. The van der Waals surface area contributed by atoms with E-state index in [1.165, 1.54) is 6.20 Å². The fraction of sp³-hybridized carbons (Fsp3) is 0.182. The highest BCUT2D eigenvalue weighted by molar-refractivity contribution is 6.29. The zero-order valence-electron chi connectivity index (χ0n) is 8.89. The Morgan fingerprint density at radius 3 is 3.06 bits per heavy atom. The van der Waals surface area contributed by atoms with Crippen LogP contribution in [0, 0.1) is 0 Å². The van der Waals surface area contributed by atoms with Crippen LogP contribution in [0.1, 0.15) is 12.2 Å². The second kappa shape index (κ2) is 5.45. The highest BCUT2D eigenvalue weighted by Crippen LogP contribution is 2.07. The number of aromatic nitrogens is 2. The van der Waals surface area contributed by atoms with E-state index in [0.29, 0.717) is 18.0 Å². The summed E-state index contributed by atoms with van der Waals surface area (Å²) in [6, 6.07) is 5.15. The molecule has 0 unspecified atom stereocenters. The first-order chi connectivity index (χ1) is 8.24. The third-order valence-corrected chi connectivity index (χ3v) is 2.26. The van der Waals surface area contributed by atoms with Crippen molar-refractivity contribution in [3.63, 3.8) is 0 Å². The Bertz CT molecular complexity index is 499. The molecular formula is C11H10ClN3O2. The first-order valence-corrected chi connectivity index (χ1v) is 5.42. The summed E-state index contributed by atoms with van der Waals surface area (Å²) < 4.78 is 5.12. The number of anilines is 1. The van der Waals surface area contributed by atoms with Crippen LogP contribution < -0.4 is 5.32 Å². The minimum atomic E-state index is -0.177. The average molecular weight is 252 g/mol. The van der Waals surface area contributed by atoms with Gasteiger partial charge in [-0.25, -0.2) is 9.97 Å². The van der Waals surface area contributed by atoms with Gasteiger partial charge in [0.2, 0.25) is 11.9 Å². The molecule has 0 aliphatic rings. The molecule has 0 spiro atoms. The third kappa shape index (κ3) is 3.57. The molecule has 0 aromatic carbocycles. The maximum atomic E-state index is 11.5.